The molecule has 4 nitrogen and oxygen atoms in total. The van der Waals surface area contributed by atoms with E-state index >= 15 is 0 Å². The van der Waals surface area contributed by atoms with E-state index in [-0.39, 0.29) is 0 Å². The number of rotatable bonds is 3. The molecule has 2 aromatic heterocycles. The molecule has 0 amide bonds. The number of nitrogens with zero attached hydrogens (tertiary/aromatic N) is 4. The van der Waals surface area contributed by atoms with Crippen molar-refractivity contribution in [1.29, 1.82) is 0 Å². The quantitative estimate of drug-likeness (QED) is 0.784. The molecule has 88 valence electrons. The van der Waals surface area contributed by atoms with Crippen molar-refractivity contribution in [2.45, 2.75) is 26.7 Å². The average molecular weight is 249 g/mol. The summed E-state index contributed by atoms with van der Waals surface area (Å²) in [4.78, 5) is 17.0. The van der Waals surface area contributed by atoms with E-state index < -0.39 is 0 Å². The predicted molar refractivity (Wildman–Crippen MR) is 66.8 cm³/mol. The van der Waals surface area contributed by atoms with E-state index in [4.69, 9.17) is 11.6 Å². The number of aromatic nitrogens is 4. The molecule has 5 heteroatoms. The van der Waals surface area contributed by atoms with E-state index in [1.165, 1.54) is 0 Å². The van der Waals surface area contributed by atoms with Crippen LogP contribution in [0.4, 0.5) is 0 Å². The van der Waals surface area contributed by atoms with E-state index in [0.717, 1.165) is 18.5 Å². The van der Waals surface area contributed by atoms with Crippen molar-refractivity contribution in [2.75, 3.05) is 0 Å². The molecule has 0 bridgehead atoms. The standard InChI is InChI=1S/C12H13ClN4/c1-3-4-9-7-11(13)17-12(16-9)10-5-6-14-8(2)15-10/h5-7H,3-4H2,1-2H3. The first-order valence-electron chi connectivity index (χ1n) is 5.52. The Morgan fingerprint density at radius 2 is 2.06 bits per heavy atom. The smallest absolute Gasteiger partial charge is 0.179 e. The fraction of sp³-hybridized carbons (Fsp3) is 0.333. The van der Waals surface area contributed by atoms with Gasteiger partial charge in [-0.2, -0.15) is 0 Å². The molecule has 0 saturated heterocycles. The number of halogens is 1. The summed E-state index contributed by atoms with van der Waals surface area (Å²) in [6.45, 7) is 3.94. The maximum Gasteiger partial charge on any atom is 0.179 e. The summed E-state index contributed by atoms with van der Waals surface area (Å²) >= 11 is 5.98. The molecule has 2 rings (SSSR count). The molecule has 0 radical (unpaired) electrons. The van der Waals surface area contributed by atoms with E-state index in [9.17, 15) is 0 Å². The van der Waals surface area contributed by atoms with E-state index in [0.29, 0.717) is 22.5 Å². The summed E-state index contributed by atoms with van der Waals surface area (Å²) in [7, 11) is 0. The second-order valence-corrected chi connectivity index (χ2v) is 4.13. The Kier molecular flexibility index (Phi) is 3.64. The summed E-state index contributed by atoms with van der Waals surface area (Å²) in [5.41, 5.74) is 1.65. The summed E-state index contributed by atoms with van der Waals surface area (Å²) in [5, 5.41) is 0.453. The van der Waals surface area contributed by atoms with Crippen LogP contribution < -0.4 is 0 Å². The van der Waals surface area contributed by atoms with Crippen LogP contribution in [-0.4, -0.2) is 19.9 Å². The molecule has 0 aliphatic carbocycles. The topological polar surface area (TPSA) is 51.6 Å². The highest BCUT2D eigenvalue weighted by Gasteiger charge is 2.07. The fourth-order valence-electron chi connectivity index (χ4n) is 1.54. The molecule has 0 fully saturated rings. The van der Waals surface area contributed by atoms with Gasteiger partial charge in [0.1, 0.15) is 16.7 Å². The van der Waals surface area contributed by atoms with Crippen LogP contribution in [0, 0.1) is 6.92 Å². The van der Waals surface area contributed by atoms with Gasteiger partial charge in [0.25, 0.3) is 0 Å². The second kappa shape index (κ2) is 5.19. The average Bonchev–Trinajstić information content (AvgIpc) is 2.28. The summed E-state index contributed by atoms with van der Waals surface area (Å²) in [6.07, 6.45) is 3.61. The van der Waals surface area contributed by atoms with Gasteiger partial charge in [0.05, 0.1) is 0 Å². The van der Waals surface area contributed by atoms with Crippen LogP contribution in [0.1, 0.15) is 24.9 Å². The molecule has 0 atom stereocenters. The predicted octanol–water partition coefficient (Wildman–Crippen LogP) is 2.85. The Balaban J connectivity index is 2.44. The van der Waals surface area contributed by atoms with Crippen molar-refractivity contribution in [3.05, 3.63) is 35.0 Å². The number of hydrogen-bond donors (Lipinski definition) is 0. The fourth-order valence-corrected chi connectivity index (χ4v) is 1.75. The van der Waals surface area contributed by atoms with Crippen LogP contribution in [0.5, 0.6) is 0 Å². The molecule has 2 heterocycles. The Morgan fingerprint density at radius 3 is 2.76 bits per heavy atom. The molecule has 0 N–H and O–H groups in total. The minimum Gasteiger partial charge on any atom is -0.242 e. The molecule has 0 saturated carbocycles. The zero-order valence-electron chi connectivity index (χ0n) is 9.81. The van der Waals surface area contributed by atoms with Crippen LogP contribution in [-0.2, 0) is 6.42 Å². The molecule has 0 spiro atoms. The van der Waals surface area contributed by atoms with Gasteiger partial charge < -0.3 is 0 Å². The SMILES string of the molecule is CCCc1cc(Cl)nc(-c2ccnc(C)n2)n1. The lowest BCUT2D eigenvalue weighted by atomic mass is 10.2. The maximum atomic E-state index is 5.98. The minimum absolute atomic E-state index is 0.453. The van der Waals surface area contributed by atoms with Gasteiger partial charge in [-0.25, -0.2) is 19.9 Å². The lowest BCUT2D eigenvalue weighted by molar-refractivity contribution is 0.872. The highest BCUT2D eigenvalue weighted by molar-refractivity contribution is 6.29. The molecule has 2 aromatic rings. The van der Waals surface area contributed by atoms with Crippen molar-refractivity contribution >= 4 is 11.6 Å². The van der Waals surface area contributed by atoms with Crippen LogP contribution in [0.25, 0.3) is 11.5 Å². The zero-order valence-corrected chi connectivity index (χ0v) is 10.6. The molecule has 0 aliphatic heterocycles. The van der Waals surface area contributed by atoms with Gasteiger partial charge >= 0.3 is 0 Å². The highest BCUT2D eigenvalue weighted by atomic mass is 35.5. The van der Waals surface area contributed by atoms with E-state index in [1.54, 1.807) is 18.3 Å². The van der Waals surface area contributed by atoms with E-state index in [2.05, 4.69) is 26.9 Å². The van der Waals surface area contributed by atoms with Gasteiger partial charge in [-0.15, -0.1) is 0 Å². The van der Waals surface area contributed by atoms with Crippen LogP contribution in [0.3, 0.4) is 0 Å². The van der Waals surface area contributed by atoms with Gasteiger partial charge in [-0.3, -0.25) is 0 Å². The van der Waals surface area contributed by atoms with Gasteiger partial charge in [-0.1, -0.05) is 24.9 Å². The Bertz CT molecular complexity index is 528. The maximum absolute atomic E-state index is 5.98. The first kappa shape index (κ1) is 11.9. The molecule has 17 heavy (non-hydrogen) atoms. The van der Waals surface area contributed by atoms with Crippen molar-refractivity contribution in [1.82, 2.24) is 19.9 Å². The summed E-state index contributed by atoms with van der Waals surface area (Å²) in [5.74, 6) is 1.26. The molecular formula is C12H13ClN4. The lowest BCUT2D eigenvalue weighted by Gasteiger charge is -2.04. The van der Waals surface area contributed by atoms with Gasteiger partial charge in [-0.05, 0) is 25.5 Å². The minimum atomic E-state index is 0.453. The van der Waals surface area contributed by atoms with Crippen LogP contribution >= 0.6 is 11.6 Å². The molecule has 0 aliphatic rings. The number of aryl methyl sites for hydroxylation is 2. The molecule has 0 unspecified atom stereocenters. The lowest BCUT2D eigenvalue weighted by Crippen LogP contribution is -1.99. The molecular weight excluding hydrogens is 236 g/mol. The van der Waals surface area contributed by atoms with Crippen molar-refractivity contribution in [3.63, 3.8) is 0 Å². The largest absolute Gasteiger partial charge is 0.242 e. The third-order valence-electron chi connectivity index (χ3n) is 2.26. The Morgan fingerprint density at radius 1 is 1.24 bits per heavy atom. The summed E-state index contributed by atoms with van der Waals surface area (Å²) in [6, 6.07) is 3.58. The monoisotopic (exact) mass is 248 g/mol. The van der Waals surface area contributed by atoms with Crippen molar-refractivity contribution < 1.29 is 0 Å². The first-order valence-corrected chi connectivity index (χ1v) is 5.90. The Labute approximate surface area is 105 Å². The van der Waals surface area contributed by atoms with Gasteiger partial charge in [0, 0.05) is 11.9 Å². The number of hydrogen-bond acceptors (Lipinski definition) is 4. The van der Waals surface area contributed by atoms with Crippen LogP contribution in [0.2, 0.25) is 5.15 Å². The normalized spacial score (nSPS) is 10.5. The highest BCUT2D eigenvalue weighted by Crippen LogP contribution is 2.16. The van der Waals surface area contributed by atoms with Crippen molar-refractivity contribution in [3.8, 4) is 11.5 Å². The van der Waals surface area contributed by atoms with Crippen LogP contribution in [0.15, 0.2) is 18.3 Å². The Hall–Kier alpha value is -1.55. The van der Waals surface area contributed by atoms with Gasteiger partial charge in [0.15, 0.2) is 5.82 Å². The summed E-state index contributed by atoms with van der Waals surface area (Å²) < 4.78 is 0. The zero-order chi connectivity index (χ0) is 12.3. The molecule has 0 aromatic carbocycles. The van der Waals surface area contributed by atoms with E-state index in [1.807, 2.05) is 6.92 Å². The third kappa shape index (κ3) is 2.97. The van der Waals surface area contributed by atoms with Crippen molar-refractivity contribution in [2.24, 2.45) is 0 Å². The first-order chi connectivity index (χ1) is 8.19. The second-order valence-electron chi connectivity index (χ2n) is 3.74. The third-order valence-corrected chi connectivity index (χ3v) is 2.45. The van der Waals surface area contributed by atoms with Gasteiger partial charge in [0.2, 0.25) is 0 Å².